The van der Waals surface area contributed by atoms with Crippen LogP contribution in [0.5, 0.6) is 0 Å². The van der Waals surface area contributed by atoms with Gasteiger partial charge in [-0.2, -0.15) is 10.5 Å². The summed E-state index contributed by atoms with van der Waals surface area (Å²) in [7, 11) is 1.53. The second kappa shape index (κ2) is 10.5. The fourth-order valence-electron chi connectivity index (χ4n) is 5.45. The number of carbonyl (C=O) groups excluding carboxylic acids is 2. The molecule has 4 amide bonds. The van der Waals surface area contributed by atoms with Crippen molar-refractivity contribution in [3.05, 3.63) is 12.4 Å². The molecule has 8 heteroatoms. The molecule has 0 aromatic rings. The Labute approximate surface area is 185 Å². The molecule has 3 fully saturated rings. The zero-order valence-corrected chi connectivity index (χ0v) is 18.5. The second-order valence-electron chi connectivity index (χ2n) is 9.32. The molecule has 0 aromatic carbocycles. The number of urea groups is 2. The number of ether oxygens (including phenoxy) is 1. The predicted octanol–water partition coefficient (Wildman–Crippen LogP) is 4.27. The Bertz CT molecular complexity index is 770. The van der Waals surface area contributed by atoms with E-state index < -0.39 is 0 Å². The third kappa shape index (κ3) is 5.50. The monoisotopic (exact) mass is 427 g/mol. The van der Waals surface area contributed by atoms with Gasteiger partial charge in [-0.15, -0.1) is 0 Å². The highest BCUT2D eigenvalue weighted by molar-refractivity contribution is 5.97. The Kier molecular flexibility index (Phi) is 7.79. The van der Waals surface area contributed by atoms with Gasteiger partial charge < -0.3 is 4.74 Å². The molecule has 0 radical (unpaired) electrons. The van der Waals surface area contributed by atoms with Gasteiger partial charge in [-0.05, 0) is 62.2 Å². The fraction of sp³-hybridized carbons (Fsp3) is 0.739. The number of amides is 4. The van der Waals surface area contributed by atoms with E-state index in [0.717, 1.165) is 51.4 Å². The molecular weight excluding hydrogens is 394 g/mol. The minimum atomic E-state index is -0.326. The van der Waals surface area contributed by atoms with E-state index in [9.17, 15) is 9.59 Å². The van der Waals surface area contributed by atoms with E-state index in [-0.39, 0.29) is 12.1 Å². The Balaban J connectivity index is 1.65. The van der Waals surface area contributed by atoms with Gasteiger partial charge in [-0.25, -0.2) is 14.5 Å². The molecule has 168 valence electrons. The van der Waals surface area contributed by atoms with E-state index in [0.29, 0.717) is 55.6 Å². The summed E-state index contributed by atoms with van der Waals surface area (Å²) in [5.74, 6) is 1.78. The van der Waals surface area contributed by atoms with E-state index >= 15 is 0 Å². The molecule has 4 unspecified atom stereocenters. The van der Waals surface area contributed by atoms with Gasteiger partial charge in [0, 0.05) is 26.6 Å². The summed E-state index contributed by atoms with van der Waals surface area (Å²) >= 11 is 0. The third-order valence-electron chi connectivity index (χ3n) is 7.09. The third-order valence-corrected chi connectivity index (χ3v) is 7.09. The number of nitriles is 2. The maximum Gasteiger partial charge on any atom is 0.333 e. The molecule has 1 heterocycles. The van der Waals surface area contributed by atoms with Gasteiger partial charge in [0.2, 0.25) is 0 Å². The molecule has 2 aliphatic carbocycles. The minimum Gasteiger partial charge on any atom is -0.427 e. The molecule has 3 rings (SSSR count). The molecule has 1 aliphatic heterocycles. The smallest absolute Gasteiger partial charge is 0.333 e. The van der Waals surface area contributed by atoms with E-state index in [1.54, 1.807) is 16.1 Å². The van der Waals surface area contributed by atoms with Gasteiger partial charge in [0.1, 0.15) is 12.4 Å². The topological polar surface area (TPSA) is 101 Å². The van der Waals surface area contributed by atoms with Gasteiger partial charge in [-0.3, -0.25) is 9.80 Å². The quantitative estimate of drug-likeness (QED) is 0.565. The lowest BCUT2D eigenvalue weighted by Crippen LogP contribution is -2.59. The van der Waals surface area contributed by atoms with Crippen LogP contribution >= 0.6 is 0 Å². The minimum absolute atomic E-state index is 0.292. The maximum absolute atomic E-state index is 12.9. The first-order valence-electron chi connectivity index (χ1n) is 11.4. The van der Waals surface area contributed by atoms with Crippen molar-refractivity contribution in [2.45, 2.75) is 57.8 Å². The van der Waals surface area contributed by atoms with Crippen LogP contribution in [0.4, 0.5) is 9.59 Å². The lowest BCUT2D eigenvalue weighted by atomic mass is 9.80. The fourth-order valence-corrected chi connectivity index (χ4v) is 5.45. The molecule has 0 bridgehead atoms. The second-order valence-corrected chi connectivity index (χ2v) is 9.32. The van der Waals surface area contributed by atoms with E-state index in [2.05, 4.69) is 12.6 Å². The lowest BCUT2D eigenvalue weighted by Gasteiger charge is -2.44. The average Bonchev–Trinajstić information content (AvgIpc) is 2.78. The van der Waals surface area contributed by atoms with Crippen LogP contribution in [0.15, 0.2) is 12.4 Å². The SMILES string of the molecule is C=C1N(CC2CCCC(CC#N)C2)C(=O)N(C)C(=O)N1CC1CCCC(COC#N)C1. The Morgan fingerprint density at radius 2 is 1.45 bits per heavy atom. The van der Waals surface area contributed by atoms with E-state index in [1.807, 2.05) is 0 Å². The Hall–Kier alpha value is -2.74. The van der Waals surface area contributed by atoms with Crippen molar-refractivity contribution in [2.75, 3.05) is 26.7 Å². The summed E-state index contributed by atoms with van der Waals surface area (Å²) in [6.07, 6.45) is 10.4. The number of hydrogen-bond donors (Lipinski definition) is 0. The maximum atomic E-state index is 12.9. The average molecular weight is 428 g/mol. The molecule has 31 heavy (non-hydrogen) atoms. The zero-order chi connectivity index (χ0) is 22.4. The normalized spacial score (nSPS) is 29.5. The van der Waals surface area contributed by atoms with Crippen molar-refractivity contribution in [2.24, 2.45) is 23.7 Å². The summed E-state index contributed by atoms with van der Waals surface area (Å²) in [6, 6.07) is 1.63. The Morgan fingerprint density at radius 1 is 0.935 bits per heavy atom. The number of nitrogens with zero attached hydrogens (tertiary/aromatic N) is 5. The van der Waals surface area contributed by atoms with E-state index in [4.69, 9.17) is 15.3 Å². The van der Waals surface area contributed by atoms with Crippen LogP contribution in [0.25, 0.3) is 0 Å². The summed E-state index contributed by atoms with van der Waals surface area (Å²) in [6.45, 7) is 5.62. The van der Waals surface area contributed by atoms with Crippen LogP contribution in [-0.2, 0) is 4.74 Å². The number of rotatable bonds is 7. The van der Waals surface area contributed by atoms with Gasteiger partial charge in [0.05, 0.1) is 6.07 Å². The van der Waals surface area contributed by atoms with Gasteiger partial charge in [0.15, 0.2) is 0 Å². The molecule has 0 aromatic heterocycles. The van der Waals surface area contributed by atoms with Crippen molar-refractivity contribution in [1.29, 1.82) is 10.5 Å². The molecule has 2 saturated carbocycles. The van der Waals surface area contributed by atoms with Crippen molar-refractivity contribution in [1.82, 2.24) is 14.7 Å². The lowest BCUT2D eigenvalue weighted by molar-refractivity contribution is 0.0892. The van der Waals surface area contributed by atoms with Crippen LogP contribution < -0.4 is 0 Å². The number of carbonyl (C=O) groups is 2. The number of hydrogen-bond acceptors (Lipinski definition) is 5. The highest BCUT2D eigenvalue weighted by Crippen LogP contribution is 2.35. The molecule has 0 spiro atoms. The summed E-state index contributed by atoms with van der Waals surface area (Å²) in [5.41, 5.74) is 0. The van der Waals surface area contributed by atoms with Crippen LogP contribution in [0, 0.1) is 46.5 Å². The van der Waals surface area contributed by atoms with Gasteiger partial charge in [0.25, 0.3) is 6.26 Å². The standard InChI is InChI=1S/C23H33N5O3/c1-17-27(13-19-6-3-5-18(11-19)9-10-24)22(29)26(2)23(30)28(17)14-20-7-4-8-21(12-20)15-31-16-25/h18-21H,1,3-9,11-15H2,2H3. The van der Waals surface area contributed by atoms with Crippen LogP contribution in [0.2, 0.25) is 0 Å². The zero-order valence-electron chi connectivity index (χ0n) is 18.5. The molecule has 0 N–H and O–H groups in total. The molecular formula is C23H33N5O3. The van der Waals surface area contributed by atoms with Gasteiger partial charge in [-0.1, -0.05) is 19.4 Å². The summed E-state index contributed by atoms with van der Waals surface area (Å²) in [5, 5.41) is 17.7. The molecule has 1 saturated heterocycles. The first-order valence-corrected chi connectivity index (χ1v) is 11.4. The largest absolute Gasteiger partial charge is 0.427 e. The predicted molar refractivity (Wildman–Crippen MR) is 114 cm³/mol. The summed E-state index contributed by atoms with van der Waals surface area (Å²) < 4.78 is 4.94. The first-order chi connectivity index (χ1) is 14.9. The number of imide groups is 1. The highest BCUT2D eigenvalue weighted by Gasteiger charge is 2.40. The molecule has 4 atom stereocenters. The van der Waals surface area contributed by atoms with Gasteiger partial charge >= 0.3 is 12.1 Å². The summed E-state index contributed by atoms with van der Waals surface area (Å²) in [4.78, 5) is 30.3. The van der Waals surface area contributed by atoms with Crippen molar-refractivity contribution in [3.63, 3.8) is 0 Å². The van der Waals surface area contributed by atoms with Crippen molar-refractivity contribution < 1.29 is 14.3 Å². The van der Waals surface area contributed by atoms with Crippen LogP contribution in [-0.4, -0.2) is 53.5 Å². The van der Waals surface area contributed by atoms with E-state index in [1.165, 1.54) is 11.9 Å². The van der Waals surface area contributed by atoms with Crippen molar-refractivity contribution in [3.8, 4) is 12.3 Å². The molecule has 8 nitrogen and oxygen atoms in total. The van der Waals surface area contributed by atoms with Crippen LogP contribution in [0.1, 0.15) is 57.8 Å². The highest BCUT2D eigenvalue weighted by atomic mass is 16.5. The van der Waals surface area contributed by atoms with Crippen LogP contribution in [0.3, 0.4) is 0 Å². The van der Waals surface area contributed by atoms with Crippen molar-refractivity contribution >= 4 is 12.1 Å². The Morgan fingerprint density at radius 3 is 2.00 bits per heavy atom. The molecule has 3 aliphatic rings. The first kappa shape index (κ1) is 22.9.